The summed E-state index contributed by atoms with van der Waals surface area (Å²) in [4.78, 5) is 0. The van der Waals surface area contributed by atoms with E-state index in [1.54, 1.807) is 0 Å². The van der Waals surface area contributed by atoms with Crippen molar-refractivity contribution in [2.75, 3.05) is 18.5 Å². The maximum atomic E-state index is 10.2. The summed E-state index contributed by atoms with van der Waals surface area (Å²) >= 11 is 0. The molecule has 3 unspecified atom stereocenters. The third-order valence-electron chi connectivity index (χ3n) is 3.99. The Hall–Kier alpha value is -1.06. The molecule has 0 saturated carbocycles. The lowest BCUT2D eigenvalue weighted by Crippen LogP contribution is -2.45. The van der Waals surface area contributed by atoms with Crippen molar-refractivity contribution >= 4 is 5.69 Å². The van der Waals surface area contributed by atoms with Crippen LogP contribution in [0.15, 0.2) is 18.2 Å². The van der Waals surface area contributed by atoms with Gasteiger partial charge in [0, 0.05) is 24.6 Å². The largest absolute Gasteiger partial charge is 0.391 e. The first kappa shape index (κ1) is 11.1. The van der Waals surface area contributed by atoms with Gasteiger partial charge in [0.2, 0.25) is 0 Å². The third kappa shape index (κ3) is 1.94. The highest BCUT2D eigenvalue weighted by Gasteiger charge is 2.35. The van der Waals surface area contributed by atoms with Gasteiger partial charge in [-0.1, -0.05) is 18.2 Å². The summed E-state index contributed by atoms with van der Waals surface area (Å²) in [5.74, 6) is 0.442. The fourth-order valence-corrected chi connectivity index (χ4v) is 2.99. The van der Waals surface area contributed by atoms with Gasteiger partial charge in [-0.25, -0.2) is 0 Å². The number of fused-ring (bicyclic) bond motifs is 1. The van der Waals surface area contributed by atoms with Crippen LogP contribution in [-0.2, 0) is 11.2 Å². The van der Waals surface area contributed by atoms with E-state index in [2.05, 4.69) is 30.4 Å². The Labute approximate surface area is 102 Å². The van der Waals surface area contributed by atoms with Crippen molar-refractivity contribution in [1.82, 2.24) is 0 Å². The van der Waals surface area contributed by atoms with Crippen molar-refractivity contribution in [1.29, 1.82) is 0 Å². The van der Waals surface area contributed by atoms with Crippen LogP contribution in [0.5, 0.6) is 0 Å². The van der Waals surface area contributed by atoms with Gasteiger partial charge >= 0.3 is 0 Å². The van der Waals surface area contributed by atoms with Gasteiger partial charge in [0.25, 0.3) is 0 Å². The summed E-state index contributed by atoms with van der Waals surface area (Å²) in [5.41, 5.74) is 3.71. The number of hydrogen-bond acceptors (Lipinski definition) is 3. The minimum absolute atomic E-state index is 0.145. The topological polar surface area (TPSA) is 41.5 Å². The molecule has 0 radical (unpaired) electrons. The molecule has 3 nitrogen and oxygen atoms in total. The van der Waals surface area contributed by atoms with Gasteiger partial charge in [0.1, 0.15) is 0 Å². The molecule has 1 aromatic carbocycles. The monoisotopic (exact) mass is 233 g/mol. The molecule has 1 aromatic rings. The van der Waals surface area contributed by atoms with E-state index in [0.717, 1.165) is 26.1 Å². The lowest BCUT2D eigenvalue weighted by atomic mass is 9.86. The Bertz CT molecular complexity index is 413. The number of aryl methyl sites for hydroxylation is 1. The Morgan fingerprint density at radius 2 is 2.29 bits per heavy atom. The summed E-state index contributed by atoms with van der Waals surface area (Å²) in [5, 5.41) is 13.8. The molecular weight excluding hydrogens is 214 g/mol. The SMILES string of the molecule is Cc1cccc2c1NC(C1CCOC1)C(O)C2. The predicted molar refractivity (Wildman–Crippen MR) is 67.2 cm³/mol. The van der Waals surface area contributed by atoms with Gasteiger partial charge in [0.05, 0.1) is 18.8 Å². The summed E-state index contributed by atoms with van der Waals surface area (Å²) in [6.07, 6.45) is 1.51. The average molecular weight is 233 g/mol. The van der Waals surface area contributed by atoms with E-state index < -0.39 is 0 Å². The van der Waals surface area contributed by atoms with Gasteiger partial charge in [-0.15, -0.1) is 0 Å². The van der Waals surface area contributed by atoms with E-state index in [9.17, 15) is 5.11 Å². The van der Waals surface area contributed by atoms with Crippen molar-refractivity contribution in [3.63, 3.8) is 0 Å². The molecule has 2 heterocycles. The minimum atomic E-state index is -0.295. The number of aliphatic hydroxyl groups is 1. The third-order valence-corrected chi connectivity index (χ3v) is 3.99. The van der Waals surface area contributed by atoms with Gasteiger partial charge in [-0.2, -0.15) is 0 Å². The highest BCUT2D eigenvalue weighted by molar-refractivity contribution is 5.60. The van der Waals surface area contributed by atoms with Crippen LogP contribution in [0.4, 0.5) is 5.69 Å². The number of aliphatic hydroxyl groups excluding tert-OH is 1. The van der Waals surface area contributed by atoms with Crippen LogP contribution in [0.2, 0.25) is 0 Å². The Morgan fingerprint density at radius 3 is 3.06 bits per heavy atom. The molecular formula is C14H19NO2. The number of benzene rings is 1. The second-order valence-electron chi connectivity index (χ2n) is 5.17. The van der Waals surface area contributed by atoms with Gasteiger partial charge < -0.3 is 15.2 Å². The fraction of sp³-hybridized carbons (Fsp3) is 0.571. The number of para-hydroxylation sites is 1. The van der Waals surface area contributed by atoms with Crippen LogP contribution in [0.3, 0.4) is 0 Å². The molecule has 0 aliphatic carbocycles. The van der Waals surface area contributed by atoms with Gasteiger partial charge in [-0.3, -0.25) is 0 Å². The first-order chi connectivity index (χ1) is 8.25. The lowest BCUT2D eigenvalue weighted by molar-refractivity contribution is 0.111. The first-order valence-corrected chi connectivity index (χ1v) is 6.36. The van der Waals surface area contributed by atoms with E-state index in [1.165, 1.54) is 16.8 Å². The second-order valence-corrected chi connectivity index (χ2v) is 5.17. The molecule has 3 rings (SSSR count). The number of ether oxygens (including phenoxy) is 1. The molecule has 1 saturated heterocycles. The van der Waals surface area contributed by atoms with Crippen molar-refractivity contribution < 1.29 is 9.84 Å². The van der Waals surface area contributed by atoms with Crippen molar-refractivity contribution in [2.45, 2.75) is 31.9 Å². The Morgan fingerprint density at radius 1 is 1.41 bits per heavy atom. The molecule has 2 aliphatic heterocycles. The summed E-state index contributed by atoms with van der Waals surface area (Å²) in [7, 11) is 0. The molecule has 2 N–H and O–H groups in total. The highest BCUT2D eigenvalue weighted by Crippen LogP contribution is 2.32. The maximum Gasteiger partial charge on any atom is 0.0785 e. The van der Waals surface area contributed by atoms with Gasteiger partial charge in [-0.05, 0) is 24.5 Å². The molecule has 3 heteroatoms. The zero-order chi connectivity index (χ0) is 11.8. The van der Waals surface area contributed by atoms with E-state index in [4.69, 9.17) is 4.74 Å². The van der Waals surface area contributed by atoms with E-state index in [-0.39, 0.29) is 12.1 Å². The summed E-state index contributed by atoms with van der Waals surface area (Å²) in [6.45, 7) is 3.72. The maximum absolute atomic E-state index is 10.2. The van der Waals surface area contributed by atoms with Crippen LogP contribution < -0.4 is 5.32 Å². The molecule has 0 spiro atoms. The fourth-order valence-electron chi connectivity index (χ4n) is 2.99. The highest BCUT2D eigenvalue weighted by atomic mass is 16.5. The van der Waals surface area contributed by atoms with E-state index in [1.807, 2.05) is 0 Å². The average Bonchev–Trinajstić information content (AvgIpc) is 2.82. The summed E-state index contributed by atoms with van der Waals surface area (Å²) < 4.78 is 5.43. The van der Waals surface area contributed by atoms with Crippen LogP contribution >= 0.6 is 0 Å². The zero-order valence-electron chi connectivity index (χ0n) is 10.1. The molecule has 2 aliphatic rings. The van der Waals surface area contributed by atoms with E-state index in [0.29, 0.717) is 5.92 Å². The smallest absolute Gasteiger partial charge is 0.0785 e. The molecule has 0 aromatic heterocycles. The molecule has 92 valence electrons. The normalized spacial score (nSPS) is 32.0. The molecule has 0 amide bonds. The first-order valence-electron chi connectivity index (χ1n) is 6.36. The van der Waals surface area contributed by atoms with Gasteiger partial charge in [0.15, 0.2) is 0 Å². The van der Waals surface area contributed by atoms with Crippen LogP contribution in [-0.4, -0.2) is 30.5 Å². The Kier molecular flexibility index (Phi) is 2.81. The van der Waals surface area contributed by atoms with Crippen LogP contribution in [0, 0.1) is 12.8 Å². The molecule has 17 heavy (non-hydrogen) atoms. The molecule has 1 fully saturated rings. The van der Waals surface area contributed by atoms with E-state index >= 15 is 0 Å². The van der Waals surface area contributed by atoms with Crippen molar-refractivity contribution in [3.05, 3.63) is 29.3 Å². The zero-order valence-corrected chi connectivity index (χ0v) is 10.1. The second kappa shape index (κ2) is 4.31. The minimum Gasteiger partial charge on any atom is -0.391 e. The number of nitrogens with one attached hydrogen (secondary N) is 1. The van der Waals surface area contributed by atoms with Crippen molar-refractivity contribution in [2.24, 2.45) is 5.92 Å². The number of rotatable bonds is 1. The van der Waals surface area contributed by atoms with Crippen LogP contribution in [0.25, 0.3) is 0 Å². The standard InChI is InChI=1S/C14H19NO2/c1-9-3-2-4-10-7-12(16)14(15-13(9)10)11-5-6-17-8-11/h2-4,11-12,14-16H,5-8H2,1H3. The quantitative estimate of drug-likeness (QED) is 0.776. The summed E-state index contributed by atoms with van der Waals surface area (Å²) in [6, 6.07) is 6.42. The molecule has 0 bridgehead atoms. The number of anilines is 1. The predicted octanol–water partition coefficient (Wildman–Crippen LogP) is 1.73. The lowest BCUT2D eigenvalue weighted by Gasteiger charge is -2.35. The molecule has 3 atom stereocenters. The Balaban J connectivity index is 1.88. The van der Waals surface area contributed by atoms with Crippen LogP contribution in [0.1, 0.15) is 17.5 Å². The number of hydrogen-bond donors (Lipinski definition) is 2. The van der Waals surface area contributed by atoms with Crippen molar-refractivity contribution in [3.8, 4) is 0 Å².